The average molecular weight is 554 g/mol. The number of nitrogens with zero attached hydrogens (tertiary/aromatic N) is 3. The van der Waals surface area contributed by atoms with E-state index >= 15 is 0 Å². The van der Waals surface area contributed by atoms with Gasteiger partial charge in [-0.25, -0.2) is 4.79 Å². The summed E-state index contributed by atoms with van der Waals surface area (Å²) in [6.45, 7) is 5.55. The van der Waals surface area contributed by atoms with Crippen LogP contribution in [0.25, 0.3) is 0 Å². The smallest absolute Gasteiger partial charge is 0.434 e. The number of anilines is 1. The summed E-state index contributed by atoms with van der Waals surface area (Å²) in [6.07, 6.45) is -15.6. The summed E-state index contributed by atoms with van der Waals surface area (Å²) in [5, 5.41) is 9.30. The molecule has 7 nitrogen and oxygen atoms in total. The minimum atomic E-state index is -5.76. The van der Waals surface area contributed by atoms with Gasteiger partial charge in [0.25, 0.3) is 6.10 Å². The minimum Gasteiger partial charge on any atom is -0.481 e. The van der Waals surface area contributed by atoms with Gasteiger partial charge in [0.05, 0.1) is 5.92 Å². The molecule has 2 saturated heterocycles. The molecule has 0 bridgehead atoms. The first-order valence-electron chi connectivity index (χ1n) is 12.4. The van der Waals surface area contributed by atoms with Crippen LogP contribution in [0, 0.1) is 12.8 Å². The number of ether oxygens (including phenoxy) is 1. The SMILES string of the molecule is Cc1ccc(CN(C)C2(C)CCN(C(=O)OC(C(F)(F)F)C(F)(F)F)CC2)c(N2CCC(C(=O)O)CC2)c1. The van der Waals surface area contributed by atoms with Crippen LogP contribution in [-0.4, -0.2) is 84.2 Å². The first kappa shape index (κ1) is 29.9. The van der Waals surface area contributed by atoms with Crippen molar-refractivity contribution in [1.82, 2.24) is 9.80 Å². The molecular formula is C25H33F6N3O4. The second-order valence-corrected chi connectivity index (χ2v) is 10.4. The fourth-order valence-corrected chi connectivity index (χ4v) is 4.96. The van der Waals surface area contributed by atoms with Crippen LogP contribution in [0.15, 0.2) is 18.2 Å². The predicted octanol–water partition coefficient (Wildman–Crippen LogP) is 5.21. The van der Waals surface area contributed by atoms with E-state index in [1.165, 1.54) is 0 Å². The van der Waals surface area contributed by atoms with E-state index in [0.29, 0.717) is 45.3 Å². The average Bonchev–Trinajstić information content (AvgIpc) is 2.82. The molecule has 1 aromatic rings. The van der Waals surface area contributed by atoms with E-state index in [0.717, 1.165) is 21.7 Å². The molecule has 2 aliphatic rings. The molecule has 0 aromatic heterocycles. The van der Waals surface area contributed by atoms with E-state index in [4.69, 9.17) is 0 Å². The summed E-state index contributed by atoms with van der Waals surface area (Å²) in [7, 11) is 1.89. The highest BCUT2D eigenvalue weighted by atomic mass is 19.4. The molecule has 3 rings (SSSR count). The van der Waals surface area contributed by atoms with E-state index in [9.17, 15) is 41.0 Å². The molecule has 2 heterocycles. The minimum absolute atomic E-state index is 0.0500. The number of aryl methyl sites for hydroxylation is 1. The van der Waals surface area contributed by atoms with Gasteiger partial charge in [-0.2, -0.15) is 26.3 Å². The zero-order chi connectivity index (χ0) is 28.5. The molecule has 0 radical (unpaired) electrons. The molecule has 13 heteroatoms. The van der Waals surface area contributed by atoms with Gasteiger partial charge in [0, 0.05) is 44.0 Å². The third-order valence-corrected chi connectivity index (χ3v) is 7.67. The van der Waals surface area contributed by atoms with Crippen molar-refractivity contribution in [3.05, 3.63) is 29.3 Å². The number of carbonyl (C=O) groups excluding carboxylic acids is 1. The van der Waals surface area contributed by atoms with Crippen molar-refractivity contribution in [2.24, 2.45) is 5.92 Å². The molecule has 0 saturated carbocycles. The number of halogens is 6. The molecule has 1 aromatic carbocycles. The highest BCUT2D eigenvalue weighted by Crippen LogP contribution is 2.37. The monoisotopic (exact) mass is 553 g/mol. The van der Waals surface area contributed by atoms with Crippen LogP contribution in [-0.2, 0) is 16.1 Å². The van der Waals surface area contributed by atoms with Gasteiger partial charge in [-0.15, -0.1) is 0 Å². The maximum Gasteiger partial charge on any atom is 0.434 e. The van der Waals surface area contributed by atoms with E-state index in [1.54, 1.807) is 0 Å². The summed E-state index contributed by atoms with van der Waals surface area (Å²) < 4.78 is 80.5. The van der Waals surface area contributed by atoms with Gasteiger partial charge < -0.3 is 19.6 Å². The van der Waals surface area contributed by atoms with Gasteiger partial charge in [-0.05, 0) is 63.8 Å². The number of aliphatic carboxylic acids is 1. The molecule has 1 N–H and O–H groups in total. The van der Waals surface area contributed by atoms with Gasteiger partial charge in [0.15, 0.2) is 0 Å². The zero-order valence-corrected chi connectivity index (χ0v) is 21.5. The van der Waals surface area contributed by atoms with Crippen molar-refractivity contribution in [3.8, 4) is 0 Å². The highest BCUT2D eigenvalue weighted by molar-refractivity contribution is 5.70. The van der Waals surface area contributed by atoms with Crippen molar-refractivity contribution in [2.45, 2.75) is 70.1 Å². The molecular weight excluding hydrogens is 520 g/mol. The van der Waals surface area contributed by atoms with E-state index in [-0.39, 0.29) is 19.0 Å². The standard InChI is InChI=1S/C25H33F6N3O4/c1-16-4-5-18(19(14-16)33-10-6-17(7-11-33)20(35)36)15-32(3)23(2)8-12-34(13-9-23)22(37)38-21(24(26,27)28)25(29,30)31/h4-5,14,17,21H,6-13,15H2,1-3H3,(H,35,36). The topological polar surface area (TPSA) is 73.3 Å². The van der Waals surface area contributed by atoms with Crippen LogP contribution in [0.4, 0.5) is 36.8 Å². The largest absolute Gasteiger partial charge is 0.481 e. The Morgan fingerprint density at radius 2 is 1.63 bits per heavy atom. The summed E-state index contributed by atoms with van der Waals surface area (Å²) in [5.41, 5.74) is 2.62. The van der Waals surface area contributed by atoms with Crippen LogP contribution in [0.2, 0.25) is 0 Å². The summed E-state index contributed by atoms with van der Waals surface area (Å²) in [6, 6.07) is 6.05. The Kier molecular flexibility index (Phi) is 8.79. The Hall–Kier alpha value is -2.70. The van der Waals surface area contributed by atoms with Crippen LogP contribution >= 0.6 is 0 Å². The molecule has 2 aliphatic heterocycles. The third kappa shape index (κ3) is 7.03. The molecule has 214 valence electrons. The molecule has 0 atom stereocenters. The molecule has 38 heavy (non-hydrogen) atoms. The second kappa shape index (κ2) is 11.2. The highest BCUT2D eigenvalue weighted by Gasteiger charge is 2.60. The van der Waals surface area contributed by atoms with Gasteiger partial charge in [-0.3, -0.25) is 9.69 Å². The number of benzene rings is 1. The van der Waals surface area contributed by atoms with E-state index in [2.05, 4.69) is 20.6 Å². The predicted molar refractivity (Wildman–Crippen MR) is 127 cm³/mol. The number of rotatable bonds is 6. The van der Waals surface area contributed by atoms with Crippen molar-refractivity contribution < 1.29 is 45.8 Å². The van der Waals surface area contributed by atoms with Crippen LogP contribution in [0.1, 0.15) is 43.7 Å². The van der Waals surface area contributed by atoms with Gasteiger partial charge in [-0.1, -0.05) is 12.1 Å². The maximum atomic E-state index is 12.8. The van der Waals surface area contributed by atoms with Crippen LogP contribution in [0.5, 0.6) is 0 Å². The maximum absolute atomic E-state index is 12.8. The number of likely N-dealkylation sites (tertiary alicyclic amines) is 1. The Balaban J connectivity index is 1.64. The number of carbonyl (C=O) groups is 2. The first-order chi connectivity index (χ1) is 17.5. The van der Waals surface area contributed by atoms with Crippen LogP contribution in [0.3, 0.4) is 0 Å². The van der Waals surface area contributed by atoms with E-state index < -0.39 is 36.1 Å². The Labute approximate surface area is 217 Å². The van der Waals surface area contributed by atoms with Gasteiger partial charge >= 0.3 is 24.4 Å². The fraction of sp³-hybridized carbons (Fsp3) is 0.680. The number of amides is 1. The summed E-state index contributed by atoms with van der Waals surface area (Å²) in [4.78, 5) is 28.6. The third-order valence-electron chi connectivity index (χ3n) is 7.67. The molecule has 1 amide bonds. The number of hydrogen-bond acceptors (Lipinski definition) is 5. The quantitative estimate of drug-likeness (QED) is 0.488. The molecule has 2 fully saturated rings. The second-order valence-electron chi connectivity index (χ2n) is 10.4. The summed E-state index contributed by atoms with van der Waals surface area (Å²) in [5.74, 6) is -1.15. The lowest BCUT2D eigenvalue weighted by atomic mass is 9.87. The van der Waals surface area contributed by atoms with Crippen molar-refractivity contribution in [3.63, 3.8) is 0 Å². The number of piperidine rings is 2. The Morgan fingerprint density at radius 1 is 1.08 bits per heavy atom. The van der Waals surface area contributed by atoms with E-state index in [1.807, 2.05) is 33.0 Å². The lowest BCUT2D eigenvalue weighted by Gasteiger charge is -2.45. The number of alkyl halides is 6. The lowest BCUT2D eigenvalue weighted by Crippen LogP contribution is -2.54. The van der Waals surface area contributed by atoms with Gasteiger partial charge in [0.1, 0.15) is 0 Å². The Bertz CT molecular complexity index is 986. The summed E-state index contributed by atoms with van der Waals surface area (Å²) >= 11 is 0. The van der Waals surface area contributed by atoms with Crippen molar-refractivity contribution >= 4 is 17.7 Å². The Morgan fingerprint density at radius 3 is 2.13 bits per heavy atom. The number of hydrogen-bond donors (Lipinski definition) is 1. The van der Waals surface area contributed by atoms with Crippen molar-refractivity contribution in [1.29, 1.82) is 0 Å². The van der Waals surface area contributed by atoms with Gasteiger partial charge in [0.2, 0.25) is 0 Å². The van der Waals surface area contributed by atoms with Crippen molar-refractivity contribution in [2.75, 3.05) is 38.1 Å². The molecule has 0 spiro atoms. The number of carboxylic acid groups (broad SMARTS) is 1. The normalized spacial score (nSPS) is 19.2. The molecule has 0 unspecified atom stereocenters. The number of carboxylic acids is 1. The lowest BCUT2D eigenvalue weighted by molar-refractivity contribution is -0.308. The zero-order valence-electron chi connectivity index (χ0n) is 21.5. The van der Waals surface area contributed by atoms with Crippen LogP contribution < -0.4 is 4.90 Å². The molecule has 0 aliphatic carbocycles. The first-order valence-corrected chi connectivity index (χ1v) is 12.4. The fourth-order valence-electron chi connectivity index (χ4n) is 4.96.